The molecule has 3 aromatic heterocycles. The summed E-state index contributed by atoms with van der Waals surface area (Å²) >= 11 is 0. The van der Waals surface area contributed by atoms with E-state index in [2.05, 4.69) is 25.3 Å². The first-order chi connectivity index (χ1) is 9.22. The van der Waals surface area contributed by atoms with Gasteiger partial charge in [0.1, 0.15) is 12.1 Å². The van der Waals surface area contributed by atoms with Crippen LogP contribution in [0.1, 0.15) is 0 Å². The van der Waals surface area contributed by atoms with E-state index in [1.54, 1.807) is 0 Å². The van der Waals surface area contributed by atoms with Crippen LogP contribution in [0.4, 0.5) is 20.3 Å². The molecule has 0 fully saturated rings. The molecule has 0 saturated heterocycles. The highest BCUT2D eigenvalue weighted by molar-refractivity contribution is 5.89. The van der Waals surface area contributed by atoms with E-state index in [0.717, 1.165) is 0 Å². The Morgan fingerprint density at radius 3 is 2.53 bits per heavy atom. The molecule has 19 heavy (non-hydrogen) atoms. The summed E-state index contributed by atoms with van der Waals surface area (Å²) in [6.07, 6.45) is 3.97. The molecule has 94 valence electrons. The molecule has 0 aliphatic carbocycles. The highest BCUT2D eigenvalue weighted by atomic mass is 19.1. The number of rotatable bonds is 2. The molecule has 3 heterocycles. The lowest BCUT2D eigenvalue weighted by molar-refractivity contribution is 0.584. The van der Waals surface area contributed by atoms with E-state index in [9.17, 15) is 8.78 Å². The second-order valence-corrected chi connectivity index (χ2v) is 3.74. The van der Waals surface area contributed by atoms with E-state index in [4.69, 9.17) is 0 Å². The number of halogens is 2. The van der Waals surface area contributed by atoms with Crippen LogP contribution in [0, 0.1) is 11.9 Å². The average Bonchev–Trinajstić information content (AvgIpc) is 2.42. The maximum absolute atomic E-state index is 13.2. The Morgan fingerprint density at radius 1 is 0.895 bits per heavy atom. The SMILES string of the molecule is Fc1ccc(Nc2ncnc3cnc(F)cc23)cn1. The Hall–Kier alpha value is -2.70. The molecule has 0 amide bonds. The van der Waals surface area contributed by atoms with Crippen molar-refractivity contribution in [3.05, 3.63) is 48.8 Å². The molecular formula is C12H7F2N5. The Balaban J connectivity index is 2.05. The molecule has 0 aliphatic rings. The third-order valence-electron chi connectivity index (χ3n) is 2.48. The van der Waals surface area contributed by atoms with E-state index in [1.807, 2.05) is 0 Å². The van der Waals surface area contributed by atoms with E-state index in [0.29, 0.717) is 22.4 Å². The predicted octanol–water partition coefficient (Wildman–Crippen LogP) is 2.44. The molecule has 3 rings (SSSR count). The zero-order chi connectivity index (χ0) is 13.2. The number of aromatic nitrogens is 4. The number of anilines is 2. The Bertz CT molecular complexity index is 730. The highest BCUT2D eigenvalue weighted by Crippen LogP contribution is 2.22. The van der Waals surface area contributed by atoms with Gasteiger partial charge in [-0.15, -0.1) is 0 Å². The molecule has 0 aromatic carbocycles. The summed E-state index contributed by atoms with van der Waals surface area (Å²) in [5.74, 6) is -0.796. The van der Waals surface area contributed by atoms with Crippen molar-refractivity contribution in [3.63, 3.8) is 0 Å². The van der Waals surface area contributed by atoms with E-state index in [1.165, 1.54) is 36.9 Å². The Labute approximate surface area is 106 Å². The van der Waals surface area contributed by atoms with Crippen LogP contribution in [0.15, 0.2) is 36.9 Å². The molecule has 0 radical (unpaired) electrons. The second kappa shape index (κ2) is 4.52. The van der Waals surface area contributed by atoms with E-state index >= 15 is 0 Å². The summed E-state index contributed by atoms with van der Waals surface area (Å²) < 4.78 is 25.9. The van der Waals surface area contributed by atoms with Gasteiger partial charge in [-0.05, 0) is 12.1 Å². The van der Waals surface area contributed by atoms with Crippen molar-refractivity contribution in [2.45, 2.75) is 0 Å². The van der Waals surface area contributed by atoms with Crippen molar-refractivity contribution in [1.82, 2.24) is 19.9 Å². The lowest BCUT2D eigenvalue weighted by atomic mass is 10.3. The summed E-state index contributed by atoms with van der Waals surface area (Å²) in [7, 11) is 0. The fourth-order valence-corrected chi connectivity index (χ4v) is 1.62. The van der Waals surface area contributed by atoms with Gasteiger partial charge >= 0.3 is 0 Å². The minimum absolute atomic E-state index is 0.403. The van der Waals surface area contributed by atoms with Gasteiger partial charge in [-0.25, -0.2) is 19.9 Å². The number of fused-ring (bicyclic) bond motifs is 1. The van der Waals surface area contributed by atoms with Crippen LogP contribution in [0.3, 0.4) is 0 Å². The number of nitrogens with zero attached hydrogens (tertiary/aromatic N) is 4. The van der Waals surface area contributed by atoms with Gasteiger partial charge in [-0.2, -0.15) is 8.78 Å². The van der Waals surface area contributed by atoms with Gasteiger partial charge in [0, 0.05) is 11.5 Å². The molecule has 7 heteroatoms. The number of hydrogen-bond donors (Lipinski definition) is 1. The maximum Gasteiger partial charge on any atom is 0.213 e. The molecule has 0 atom stereocenters. The predicted molar refractivity (Wildman–Crippen MR) is 64.8 cm³/mol. The third-order valence-corrected chi connectivity index (χ3v) is 2.48. The van der Waals surface area contributed by atoms with Gasteiger partial charge in [0.25, 0.3) is 0 Å². The summed E-state index contributed by atoms with van der Waals surface area (Å²) in [6, 6.07) is 3.95. The van der Waals surface area contributed by atoms with Crippen LogP contribution in [0.5, 0.6) is 0 Å². The quantitative estimate of drug-likeness (QED) is 0.716. The zero-order valence-electron chi connectivity index (χ0n) is 9.51. The van der Waals surface area contributed by atoms with Crippen molar-refractivity contribution in [2.75, 3.05) is 5.32 Å². The lowest BCUT2D eigenvalue weighted by Crippen LogP contribution is -1.98. The maximum atomic E-state index is 13.2. The van der Waals surface area contributed by atoms with Crippen LogP contribution in [-0.2, 0) is 0 Å². The summed E-state index contributed by atoms with van der Waals surface area (Å²) in [4.78, 5) is 15.0. The normalized spacial score (nSPS) is 10.6. The molecule has 0 aliphatic heterocycles. The monoisotopic (exact) mass is 259 g/mol. The molecule has 0 unspecified atom stereocenters. The smallest absolute Gasteiger partial charge is 0.213 e. The fourth-order valence-electron chi connectivity index (χ4n) is 1.62. The van der Waals surface area contributed by atoms with Crippen LogP contribution >= 0.6 is 0 Å². The first kappa shape index (κ1) is 11.4. The summed E-state index contributed by atoms with van der Waals surface area (Å²) in [6.45, 7) is 0. The third kappa shape index (κ3) is 2.30. The van der Waals surface area contributed by atoms with Crippen molar-refractivity contribution in [1.29, 1.82) is 0 Å². The molecular weight excluding hydrogens is 252 g/mol. The number of pyridine rings is 2. The molecule has 5 nitrogen and oxygen atoms in total. The van der Waals surface area contributed by atoms with Gasteiger partial charge in [0.05, 0.1) is 23.6 Å². The van der Waals surface area contributed by atoms with Crippen LogP contribution in [-0.4, -0.2) is 19.9 Å². The highest BCUT2D eigenvalue weighted by Gasteiger charge is 2.06. The van der Waals surface area contributed by atoms with E-state index < -0.39 is 11.9 Å². The second-order valence-electron chi connectivity index (χ2n) is 3.74. The zero-order valence-corrected chi connectivity index (χ0v) is 9.51. The fraction of sp³-hybridized carbons (Fsp3) is 0. The van der Waals surface area contributed by atoms with Gasteiger partial charge in [0.15, 0.2) is 0 Å². The molecule has 1 N–H and O–H groups in total. The van der Waals surface area contributed by atoms with Crippen molar-refractivity contribution in [2.24, 2.45) is 0 Å². The molecule has 0 spiro atoms. The molecule has 0 bridgehead atoms. The lowest BCUT2D eigenvalue weighted by Gasteiger charge is -2.07. The average molecular weight is 259 g/mol. The first-order valence-electron chi connectivity index (χ1n) is 5.37. The molecule has 0 saturated carbocycles. The van der Waals surface area contributed by atoms with Crippen molar-refractivity contribution >= 4 is 22.4 Å². The summed E-state index contributed by atoms with van der Waals surface area (Å²) in [5, 5.41) is 3.41. The largest absolute Gasteiger partial charge is 0.338 e. The van der Waals surface area contributed by atoms with Gasteiger partial charge in [-0.3, -0.25) is 0 Å². The van der Waals surface area contributed by atoms with Crippen LogP contribution in [0.25, 0.3) is 10.9 Å². The Morgan fingerprint density at radius 2 is 1.74 bits per heavy atom. The molecule has 3 aromatic rings. The van der Waals surface area contributed by atoms with Gasteiger partial charge in [0.2, 0.25) is 11.9 Å². The number of hydrogen-bond acceptors (Lipinski definition) is 5. The van der Waals surface area contributed by atoms with Gasteiger partial charge in [-0.1, -0.05) is 0 Å². The van der Waals surface area contributed by atoms with E-state index in [-0.39, 0.29) is 0 Å². The number of nitrogens with one attached hydrogen (secondary N) is 1. The minimum atomic E-state index is -0.623. The van der Waals surface area contributed by atoms with Crippen LogP contribution in [0.2, 0.25) is 0 Å². The minimum Gasteiger partial charge on any atom is -0.338 e. The standard InChI is InChI=1S/C12H7F2N5/c13-10-2-1-7(4-15-10)19-12-8-3-11(14)16-5-9(8)17-6-18-12/h1-6H,(H,17,18,19). The summed E-state index contributed by atoms with van der Waals surface area (Å²) in [5.41, 5.74) is 1.05. The van der Waals surface area contributed by atoms with Crippen LogP contribution < -0.4 is 5.32 Å². The Kier molecular flexibility index (Phi) is 2.71. The van der Waals surface area contributed by atoms with Crippen molar-refractivity contribution < 1.29 is 8.78 Å². The van der Waals surface area contributed by atoms with Gasteiger partial charge < -0.3 is 5.32 Å². The first-order valence-corrected chi connectivity index (χ1v) is 5.37. The topological polar surface area (TPSA) is 63.6 Å². The van der Waals surface area contributed by atoms with Crippen molar-refractivity contribution in [3.8, 4) is 0 Å².